The summed E-state index contributed by atoms with van der Waals surface area (Å²) in [5.41, 5.74) is 0.904. The Morgan fingerprint density at radius 2 is 1.74 bits per heavy atom. The molecule has 1 aromatic rings. The average Bonchev–Trinajstić information content (AvgIpc) is 2.39. The summed E-state index contributed by atoms with van der Waals surface area (Å²) in [6.45, 7) is 1.05. The van der Waals surface area contributed by atoms with Gasteiger partial charge in [-0.05, 0) is 43.5 Å². The second kappa shape index (κ2) is 7.47. The SMILES string of the molecule is CN(C)S(=O)(=O)c1ccc(NCCCCCO)cc1. The summed E-state index contributed by atoms with van der Waals surface area (Å²) in [4.78, 5) is 0.295. The molecule has 0 atom stereocenters. The molecule has 0 aromatic heterocycles. The number of hydrogen-bond donors (Lipinski definition) is 2. The van der Waals surface area contributed by atoms with E-state index in [1.807, 2.05) is 0 Å². The molecule has 0 aliphatic rings. The summed E-state index contributed by atoms with van der Waals surface area (Å²) < 4.78 is 24.9. The van der Waals surface area contributed by atoms with Gasteiger partial charge in [0.15, 0.2) is 0 Å². The lowest BCUT2D eigenvalue weighted by atomic mass is 10.2. The summed E-state index contributed by atoms with van der Waals surface area (Å²) in [5, 5.41) is 11.9. The van der Waals surface area contributed by atoms with Gasteiger partial charge in [0.25, 0.3) is 0 Å². The van der Waals surface area contributed by atoms with E-state index in [1.54, 1.807) is 24.3 Å². The Balaban J connectivity index is 2.53. The van der Waals surface area contributed by atoms with Gasteiger partial charge in [0.05, 0.1) is 4.90 Å². The molecule has 0 fully saturated rings. The number of benzene rings is 1. The fourth-order valence-corrected chi connectivity index (χ4v) is 2.50. The maximum atomic E-state index is 11.9. The molecule has 0 saturated carbocycles. The van der Waals surface area contributed by atoms with Crippen LogP contribution >= 0.6 is 0 Å². The standard InChI is InChI=1S/C13H22N2O3S/c1-15(2)19(17,18)13-8-6-12(7-9-13)14-10-4-3-5-11-16/h6-9,14,16H,3-5,10-11H2,1-2H3. The third kappa shape index (κ3) is 4.81. The van der Waals surface area contributed by atoms with E-state index in [0.29, 0.717) is 4.90 Å². The van der Waals surface area contributed by atoms with E-state index in [2.05, 4.69) is 5.32 Å². The molecule has 0 amide bonds. The molecule has 2 N–H and O–H groups in total. The smallest absolute Gasteiger partial charge is 0.242 e. The highest BCUT2D eigenvalue weighted by molar-refractivity contribution is 7.89. The molecule has 0 saturated heterocycles. The average molecular weight is 286 g/mol. The predicted octanol–water partition coefficient (Wildman–Crippen LogP) is 1.51. The first-order chi connectivity index (χ1) is 8.98. The molecular weight excluding hydrogens is 264 g/mol. The van der Waals surface area contributed by atoms with Crippen molar-refractivity contribution in [2.75, 3.05) is 32.6 Å². The monoisotopic (exact) mass is 286 g/mol. The van der Waals surface area contributed by atoms with Crippen molar-refractivity contribution in [3.63, 3.8) is 0 Å². The topological polar surface area (TPSA) is 69.6 Å². The summed E-state index contributed by atoms with van der Waals surface area (Å²) in [6, 6.07) is 6.74. The minimum atomic E-state index is -3.35. The molecule has 0 bridgehead atoms. The molecule has 0 radical (unpaired) electrons. The fraction of sp³-hybridized carbons (Fsp3) is 0.538. The molecule has 0 spiro atoms. The van der Waals surface area contributed by atoms with Gasteiger partial charge in [0.2, 0.25) is 10.0 Å². The molecular formula is C13H22N2O3S. The lowest BCUT2D eigenvalue weighted by molar-refractivity contribution is 0.283. The summed E-state index contributed by atoms with van der Waals surface area (Å²) in [7, 11) is -0.315. The van der Waals surface area contributed by atoms with Crippen LogP contribution in [0.1, 0.15) is 19.3 Å². The van der Waals surface area contributed by atoms with Crippen LogP contribution in [0.25, 0.3) is 0 Å². The van der Waals surface area contributed by atoms with Crippen molar-refractivity contribution < 1.29 is 13.5 Å². The molecule has 5 nitrogen and oxygen atoms in total. The van der Waals surface area contributed by atoms with Crippen LogP contribution in [-0.4, -0.2) is 45.1 Å². The van der Waals surface area contributed by atoms with Crippen molar-refractivity contribution in [1.82, 2.24) is 4.31 Å². The second-order valence-electron chi connectivity index (χ2n) is 4.52. The van der Waals surface area contributed by atoms with E-state index in [0.717, 1.165) is 31.5 Å². The first-order valence-corrected chi connectivity index (χ1v) is 7.80. The van der Waals surface area contributed by atoms with Gasteiger partial charge in [-0.1, -0.05) is 0 Å². The van der Waals surface area contributed by atoms with Crippen LogP contribution in [0, 0.1) is 0 Å². The molecule has 0 aliphatic heterocycles. The van der Waals surface area contributed by atoms with Crippen molar-refractivity contribution in [3.8, 4) is 0 Å². The van der Waals surface area contributed by atoms with Crippen molar-refractivity contribution >= 4 is 15.7 Å². The first kappa shape index (κ1) is 15.9. The quantitative estimate of drug-likeness (QED) is 0.711. The Hall–Kier alpha value is -1.11. The molecule has 6 heteroatoms. The summed E-state index contributed by atoms with van der Waals surface area (Å²) in [6.07, 6.45) is 2.79. The number of unbranched alkanes of at least 4 members (excludes halogenated alkanes) is 2. The maximum absolute atomic E-state index is 11.9. The molecule has 0 heterocycles. The first-order valence-electron chi connectivity index (χ1n) is 6.36. The van der Waals surface area contributed by atoms with Gasteiger partial charge in [-0.25, -0.2) is 12.7 Å². The highest BCUT2D eigenvalue weighted by Gasteiger charge is 2.16. The second-order valence-corrected chi connectivity index (χ2v) is 6.67. The molecule has 1 aromatic carbocycles. The zero-order chi connectivity index (χ0) is 14.3. The lowest BCUT2D eigenvalue weighted by Gasteiger charge is -2.12. The van der Waals surface area contributed by atoms with Crippen LogP contribution in [0.15, 0.2) is 29.2 Å². The third-order valence-corrected chi connectivity index (χ3v) is 4.63. The molecule has 19 heavy (non-hydrogen) atoms. The number of nitrogens with one attached hydrogen (secondary N) is 1. The van der Waals surface area contributed by atoms with E-state index in [-0.39, 0.29) is 6.61 Å². The van der Waals surface area contributed by atoms with Gasteiger partial charge in [-0.3, -0.25) is 0 Å². The fourth-order valence-electron chi connectivity index (χ4n) is 1.60. The van der Waals surface area contributed by atoms with Crippen LogP contribution in [0.4, 0.5) is 5.69 Å². The Morgan fingerprint density at radius 3 is 2.26 bits per heavy atom. The van der Waals surface area contributed by atoms with Gasteiger partial charge in [-0.15, -0.1) is 0 Å². The Labute approximate surface area is 115 Å². The molecule has 0 aliphatic carbocycles. The summed E-state index contributed by atoms with van der Waals surface area (Å²) >= 11 is 0. The van der Waals surface area contributed by atoms with E-state index in [4.69, 9.17) is 5.11 Å². The van der Waals surface area contributed by atoms with Crippen molar-refractivity contribution in [2.45, 2.75) is 24.2 Å². The number of sulfonamides is 1. The normalized spacial score (nSPS) is 11.8. The van der Waals surface area contributed by atoms with Crippen molar-refractivity contribution in [2.24, 2.45) is 0 Å². The summed E-state index contributed by atoms with van der Waals surface area (Å²) in [5.74, 6) is 0. The maximum Gasteiger partial charge on any atom is 0.242 e. The molecule has 0 unspecified atom stereocenters. The van der Waals surface area contributed by atoms with E-state index < -0.39 is 10.0 Å². The van der Waals surface area contributed by atoms with Crippen LogP contribution in [-0.2, 0) is 10.0 Å². The number of nitrogens with zero attached hydrogens (tertiary/aromatic N) is 1. The van der Waals surface area contributed by atoms with Gasteiger partial charge < -0.3 is 10.4 Å². The zero-order valence-corrected chi connectivity index (χ0v) is 12.3. The lowest BCUT2D eigenvalue weighted by Crippen LogP contribution is -2.22. The van der Waals surface area contributed by atoms with Gasteiger partial charge in [-0.2, -0.15) is 0 Å². The number of anilines is 1. The number of rotatable bonds is 8. The van der Waals surface area contributed by atoms with E-state index in [9.17, 15) is 8.42 Å². The van der Waals surface area contributed by atoms with E-state index in [1.165, 1.54) is 18.4 Å². The van der Waals surface area contributed by atoms with Crippen LogP contribution in [0.3, 0.4) is 0 Å². The van der Waals surface area contributed by atoms with Crippen LogP contribution in [0.5, 0.6) is 0 Å². The highest BCUT2D eigenvalue weighted by Crippen LogP contribution is 2.16. The third-order valence-electron chi connectivity index (χ3n) is 2.80. The number of aliphatic hydroxyl groups is 1. The zero-order valence-electron chi connectivity index (χ0n) is 11.5. The van der Waals surface area contributed by atoms with Gasteiger partial charge in [0.1, 0.15) is 0 Å². The van der Waals surface area contributed by atoms with Crippen LogP contribution in [0.2, 0.25) is 0 Å². The number of hydrogen-bond acceptors (Lipinski definition) is 4. The molecule has 1 rings (SSSR count). The number of aliphatic hydroxyl groups excluding tert-OH is 1. The largest absolute Gasteiger partial charge is 0.396 e. The van der Waals surface area contributed by atoms with Crippen LogP contribution < -0.4 is 5.32 Å². The predicted molar refractivity (Wildman–Crippen MR) is 76.7 cm³/mol. The van der Waals surface area contributed by atoms with Crippen molar-refractivity contribution in [3.05, 3.63) is 24.3 Å². The Morgan fingerprint density at radius 1 is 1.11 bits per heavy atom. The van der Waals surface area contributed by atoms with Gasteiger partial charge >= 0.3 is 0 Å². The Kier molecular flexibility index (Phi) is 6.27. The van der Waals surface area contributed by atoms with Gasteiger partial charge in [0, 0.05) is 32.9 Å². The van der Waals surface area contributed by atoms with Crippen molar-refractivity contribution in [1.29, 1.82) is 0 Å². The Bertz CT molecular complexity index is 469. The minimum absolute atomic E-state index is 0.233. The van der Waals surface area contributed by atoms with E-state index >= 15 is 0 Å². The highest BCUT2D eigenvalue weighted by atomic mass is 32.2. The minimum Gasteiger partial charge on any atom is -0.396 e. The molecule has 108 valence electrons.